The second-order valence-corrected chi connectivity index (χ2v) is 18.8. The highest BCUT2D eigenvalue weighted by atomic mass is 31.2. The van der Waals surface area contributed by atoms with Crippen LogP contribution in [0.15, 0.2) is 146 Å². The molecule has 5 atom stereocenters. The summed E-state index contributed by atoms with van der Waals surface area (Å²) in [5, 5.41) is 25.1. The SMILES string of the molecule is CCN(C(C)C)P(OCCc1ccc([N+](=O)[O-])cc1)O[C@H]1[C@@H](OC)[C@H](n2cnc3c(NC(=O)OCCc4ccc([N+](=O)[O-])cc4)ncnc32)O[C@@H]1COC(c1ccccc1)(c1ccccc1)c1ccc(OC)cc1. The molecule has 1 N–H and O–H groups in total. The third-order valence-corrected chi connectivity index (χ3v) is 14.6. The number of imidazole rings is 1. The van der Waals surface area contributed by atoms with E-state index in [9.17, 15) is 25.0 Å². The minimum Gasteiger partial charge on any atom is -0.497 e. The fourth-order valence-corrected chi connectivity index (χ4v) is 10.5. The zero-order chi connectivity index (χ0) is 52.2. The monoisotopic (exact) mass is 1030 g/mol. The van der Waals surface area contributed by atoms with Crippen LogP contribution in [0.25, 0.3) is 11.2 Å². The molecule has 0 bridgehead atoms. The van der Waals surface area contributed by atoms with Crippen LogP contribution < -0.4 is 10.1 Å². The van der Waals surface area contributed by atoms with Gasteiger partial charge in [0.05, 0.1) is 43.1 Å². The van der Waals surface area contributed by atoms with Crippen molar-refractivity contribution in [1.82, 2.24) is 24.2 Å². The lowest BCUT2D eigenvalue weighted by molar-refractivity contribution is -0.385. The molecule has 7 aromatic rings. The minimum atomic E-state index is -1.82. The van der Waals surface area contributed by atoms with E-state index >= 15 is 0 Å². The molecule has 5 aromatic carbocycles. The van der Waals surface area contributed by atoms with E-state index in [1.54, 1.807) is 43.1 Å². The van der Waals surface area contributed by atoms with Gasteiger partial charge < -0.3 is 32.7 Å². The van der Waals surface area contributed by atoms with Gasteiger partial charge >= 0.3 is 6.09 Å². The first-order chi connectivity index (χ1) is 35.9. The highest BCUT2D eigenvalue weighted by Crippen LogP contribution is 2.50. The molecule has 21 heteroatoms. The fourth-order valence-electron chi connectivity index (χ4n) is 8.85. The molecule has 386 valence electrons. The Bertz CT molecular complexity index is 2910. The van der Waals surface area contributed by atoms with Gasteiger partial charge in [0, 0.05) is 50.4 Å². The third kappa shape index (κ3) is 12.0. The number of fused-ring (bicyclic) bond motifs is 1. The van der Waals surface area contributed by atoms with E-state index in [4.69, 9.17) is 32.7 Å². The van der Waals surface area contributed by atoms with Crippen LogP contribution in [-0.2, 0) is 46.4 Å². The normalized spacial score (nSPS) is 17.1. The molecule has 1 aliphatic rings. The maximum atomic E-state index is 13.1. The van der Waals surface area contributed by atoms with E-state index in [0.29, 0.717) is 30.8 Å². The second kappa shape index (κ2) is 24.6. The van der Waals surface area contributed by atoms with Gasteiger partial charge in [-0.05, 0) is 60.2 Å². The van der Waals surface area contributed by atoms with E-state index < -0.39 is 54.6 Å². The van der Waals surface area contributed by atoms with Gasteiger partial charge in [-0.3, -0.25) is 30.1 Å². The highest BCUT2D eigenvalue weighted by molar-refractivity contribution is 7.44. The lowest BCUT2D eigenvalue weighted by Gasteiger charge is -2.38. The summed E-state index contributed by atoms with van der Waals surface area (Å²) in [7, 11) is 1.38. The zero-order valence-electron chi connectivity index (χ0n) is 41.5. The molecule has 1 amide bonds. The Labute approximate surface area is 428 Å². The largest absolute Gasteiger partial charge is 0.497 e. The topological polar surface area (TPSA) is 227 Å². The average molecular weight is 1030 g/mol. The lowest BCUT2D eigenvalue weighted by atomic mass is 9.80. The van der Waals surface area contributed by atoms with Gasteiger partial charge in [0.25, 0.3) is 19.9 Å². The first-order valence-corrected chi connectivity index (χ1v) is 25.1. The molecule has 0 spiro atoms. The van der Waals surface area contributed by atoms with Crippen LogP contribution >= 0.6 is 8.53 Å². The Kier molecular flexibility index (Phi) is 17.6. The fraction of sp³-hybridized carbons (Fsp3) is 0.321. The van der Waals surface area contributed by atoms with Gasteiger partial charge in [0.2, 0.25) is 0 Å². The molecule has 1 unspecified atom stereocenters. The molecule has 0 radical (unpaired) electrons. The number of hydrogen-bond acceptors (Lipinski definition) is 16. The summed E-state index contributed by atoms with van der Waals surface area (Å²) in [6, 6.07) is 40.1. The average Bonchev–Trinajstić information content (AvgIpc) is 4.01. The Morgan fingerprint density at radius 3 is 1.91 bits per heavy atom. The van der Waals surface area contributed by atoms with E-state index in [0.717, 1.165) is 27.8 Å². The maximum absolute atomic E-state index is 13.1. The molecule has 3 heterocycles. The summed E-state index contributed by atoms with van der Waals surface area (Å²) in [4.78, 5) is 48.2. The Morgan fingerprint density at radius 2 is 1.36 bits per heavy atom. The number of benzene rings is 5. The highest BCUT2D eigenvalue weighted by Gasteiger charge is 2.51. The van der Waals surface area contributed by atoms with Crippen molar-refractivity contribution in [3.05, 3.63) is 194 Å². The summed E-state index contributed by atoms with van der Waals surface area (Å²) < 4.78 is 49.6. The van der Waals surface area contributed by atoms with Gasteiger partial charge in [-0.15, -0.1) is 0 Å². The Hall–Kier alpha value is -7.29. The number of hydrogen-bond donors (Lipinski definition) is 1. The molecule has 0 saturated carbocycles. The minimum absolute atomic E-state index is 0.00307. The first kappa shape index (κ1) is 53.0. The van der Waals surface area contributed by atoms with Crippen LogP contribution in [0.1, 0.15) is 54.8 Å². The summed E-state index contributed by atoms with van der Waals surface area (Å²) in [5.41, 5.74) is 3.53. The number of nitro benzene ring substituents is 2. The number of aromatic nitrogens is 4. The van der Waals surface area contributed by atoms with Crippen molar-refractivity contribution in [2.45, 2.75) is 69.8 Å². The summed E-state index contributed by atoms with van der Waals surface area (Å²) >= 11 is 0. The molecule has 0 aliphatic carbocycles. The van der Waals surface area contributed by atoms with Crippen molar-refractivity contribution in [1.29, 1.82) is 0 Å². The van der Waals surface area contributed by atoms with Crippen LogP contribution in [-0.4, -0.2) is 105 Å². The van der Waals surface area contributed by atoms with Crippen molar-refractivity contribution >= 4 is 43.0 Å². The number of nitrogens with zero attached hydrogens (tertiary/aromatic N) is 7. The molecule has 2 aromatic heterocycles. The van der Waals surface area contributed by atoms with Crippen LogP contribution in [0.2, 0.25) is 0 Å². The number of nitrogens with one attached hydrogen (secondary N) is 1. The maximum Gasteiger partial charge on any atom is 0.412 e. The van der Waals surface area contributed by atoms with Crippen molar-refractivity contribution < 1.29 is 47.4 Å². The Balaban J connectivity index is 1.12. The first-order valence-electron chi connectivity index (χ1n) is 24.0. The number of rotatable bonds is 24. The van der Waals surface area contributed by atoms with Crippen LogP contribution in [0, 0.1) is 20.2 Å². The predicted molar refractivity (Wildman–Crippen MR) is 276 cm³/mol. The number of non-ortho nitro benzene ring substituents is 2. The quantitative estimate of drug-likeness (QED) is 0.0257. The summed E-state index contributed by atoms with van der Waals surface area (Å²) in [6.07, 6.45) is -0.592. The van der Waals surface area contributed by atoms with Gasteiger partial charge in [0.1, 0.15) is 36.0 Å². The molecule has 20 nitrogen and oxygen atoms in total. The van der Waals surface area contributed by atoms with Crippen molar-refractivity contribution in [2.24, 2.45) is 0 Å². The van der Waals surface area contributed by atoms with Gasteiger partial charge in [0.15, 0.2) is 23.2 Å². The number of anilines is 1. The van der Waals surface area contributed by atoms with Crippen LogP contribution in [0.4, 0.5) is 22.0 Å². The molecule has 1 aliphatic heterocycles. The Morgan fingerprint density at radius 1 is 0.784 bits per heavy atom. The summed E-state index contributed by atoms with van der Waals surface area (Å²) in [6.45, 7) is 6.93. The number of methoxy groups -OCH3 is 2. The number of amides is 1. The van der Waals surface area contributed by atoms with Crippen LogP contribution in [0.5, 0.6) is 5.75 Å². The van der Waals surface area contributed by atoms with Gasteiger partial charge in [-0.1, -0.05) is 104 Å². The van der Waals surface area contributed by atoms with Gasteiger partial charge in [-0.2, -0.15) is 0 Å². The van der Waals surface area contributed by atoms with E-state index in [-0.39, 0.29) is 48.6 Å². The molecular formula is C53H57N8O12P. The summed E-state index contributed by atoms with van der Waals surface area (Å²) in [5.74, 6) is 0.769. The van der Waals surface area contributed by atoms with Crippen molar-refractivity contribution in [2.75, 3.05) is 45.9 Å². The molecule has 8 rings (SSSR count). The smallest absolute Gasteiger partial charge is 0.412 e. The van der Waals surface area contributed by atoms with Crippen LogP contribution in [0.3, 0.4) is 0 Å². The van der Waals surface area contributed by atoms with E-state index in [1.165, 1.54) is 36.9 Å². The van der Waals surface area contributed by atoms with Crippen molar-refractivity contribution in [3.63, 3.8) is 0 Å². The third-order valence-electron chi connectivity index (χ3n) is 12.6. The van der Waals surface area contributed by atoms with E-state index in [1.807, 2.05) is 91.9 Å². The number of carbonyl (C=O) groups is 1. The van der Waals surface area contributed by atoms with Gasteiger partial charge in [-0.25, -0.2) is 24.4 Å². The molecule has 1 fully saturated rings. The second-order valence-electron chi connectivity index (χ2n) is 17.4. The number of carbonyl (C=O) groups excluding carboxylic acids is 1. The molecular weight excluding hydrogens is 972 g/mol. The van der Waals surface area contributed by atoms with E-state index in [2.05, 4.69) is 38.8 Å². The molecule has 74 heavy (non-hydrogen) atoms. The number of ether oxygens (including phenoxy) is 5. The molecule has 1 saturated heterocycles. The predicted octanol–water partition coefficient (Wildman–Crippen LogP) is 9.97. The lowest BCUT2D eigenvalue weighted by Crippen LogP contribution is -2.42. The van der Waals surface area contributed by atoms with Crippen molar-refractivity contribution in [3.8, 4) is 5.75 Å². The standard InChI is InChI=1S/C53H57N8O12P/c1-6-59(36(2)3)74(71-32-30-38-19-25-43(26-20-38)61(65)66)73-47-45(33-70-53(39-13-9-7-10-14-39,40-15-11-8-12-16-40)41-21-27-44(67-4)28-22-41)72-51(48(47)68-5)58-35-56-46-49(54-34-55-50(46)58)57-52(62)69-31-29-37-17-23-42(24-18-37)60(63)64/h7-28,34-36,45,47-48,51H,6,29-33H2,1-5H3,(H,54,55,57,62)/t45-,47-,48-,51-,74?/m1/s1. The zero-order valence-corrected chi connectivity index (χ0v) is 42.4. The number of nitro groups is 2.